The van der Waals surface area contributed by atoms with E-state index in [0.29, 0.717) is 18.4 Å². The molecule has 1 heterocycles. The zero-order chi connectivity index (χ0) is 14.3. The summed E-state index contributed by atoms with van der Waals surface area (Å²) in [6.07, 6.45) is 2.91. The monoisotopic (exact) mass is 278 g/mol. The number of hydrogen-bond donors (Lipinski definition) is 1. The highest BCUT2D eigenvalue weighted by Crippen LogP contribution is 2.72. The number of hydrogen-bond acceptors (Lipinski definition) is 3. The SMILES string of the molecule is C=C1CO[C@@H](OC)[C@]12C[C@@H]1[C@@H]3C[C@@H]3C[C@@H](C)[C@]1(C)[C@H]2O. The third-order valence-electron chi connectivity index (χ3n) is 7.35. The van der Waals surface area contributed by atoms with Crippen molar-refractivity contribution in [2.75, 3.05) is 13.7 Å². The Morgan fingerprint density at radius 3 is 2.85 bits per heavy atom. The van der Waals surface area contributed by atoms with E-state index in [9.17, 15) is 5.11 Å². The molecule has 3 saturated carbocycles. The predicted octanol–water partition coefficient (Wildman–Crippen LogP) is 2.59. The minimum atomic E-state index is -0.392. The molecule has 4 rings (SSSR count). The van der Waals surface area contributed by atoms with Crippen molar-refractivity contribution in [3.8, 4) is 0 Å². The van der Waals surface area contributed by atoms with E-state index >= 15 is 0 Å². The molecule has 1 N–H and O–H groups in total. The Morgan fingerprint density at radius 1 is 1.40 bits per heavy atom. The number of fused-ring (bicyclic) bond motifs is 3. The van der Waals surface area contributed by atoms with Gasteiger partial charge in [0, 0.05) is 12.5 Å². The Hall–Kier alpha value is -0.380. The van der Waals surface area contributed by atoms with Gasteiger partial charge in [0.1, 0.15) is 0 Å². The third-order valence-corrected chi connectivity index (χ3v) is 7.35. The lowest BCUT2D eigenvalue weighted by Gasteiger charge is -2.45. The molecule has 0 amide bonds. The lowest BCUT2D eigenvalue weighted by molar-refractivity contribution is -0.174. The van der Waals surface area contributed by atoms with E-state index in [1.807, 2.05) is 0 Å². The van der Waals surface area contributed by atoms with E-state index in [1.165, 1.54) is 12.8 Å². The molecule has 1 spiro atoms. The van der Waals surface area contributed by atoms with Gasteiger partial charge in [-0.25, -0.2) is 0 Å². The predicted molar refractivity (Wildman–Crippen MR) is 75.9 cm³/mol. The standard InChI is InChI=1S/C17H26O3/c1-9-5-11-6-12(11)13-7-17(14(18)16(9,13)3)10(2)8-20-15(17)19-4/h9,11-15,18H,2,5-8H2,1,3-4H3/t9-,11+,12-,13-,14-,15-,16+,17-/m1/s1. The van der Waals surface area contributed by atoms with Gasteiger partial charge in [0.05, 0.1) is 18.1 Å². The highest BCUT2D eigenvalue weighted by molar-refractivity contribution is 5.29. The average Bonchev–Trinajstić information content (AvgIpc) is 3.05. The van der Waals surface area contributed by atoms with Crippen LogP contribution in [0.4, 0.5) is 0 Å². The van der Waals surface area contributed by atoms with Crippen molar-refractivity contribution in [1.29, 1.82) is 0 Å². The summed E-state index contributed by atoms with van der Waals surface area (Å²) in [7, 11) is 1.69. The zero-order valence-corrected chi connectivity index (χ0v) is 12.8. The highest BCUT2D eigenvalue weighted by atomic mass is 16.7. The van der Waals surface area contributed by atoms with E-state index in [1.54, 1.807) is 7.11 Å². The first-order valence-electron chi connectivity index (χ1n) is 7.97. The van der Waals surface area contributed by atoms with Gasteiger partial charge < -0.3 is 14.6 Å². The average molecular weight is 278 g/mol. The molecule has 112 valence electrons. The topological polar surface area (TPSA) is 38.7 Å². The molecule has 4 fully saturated rings. The first-order chi connectivity index (χ1) is 9.46. The van der Waals surface area contributed by atoms with E-state index < -0.39 is 6.10 Å². The molecule has 1 aliphatic heterocycles. The molecule has 3 heteroatoms. The Morgan fingerprint density at radius 2 is 2.15 bits per heavy atom. The number of aliphatic hydroxyl groups excluding tert-OH is 1. The molecule has 0 unspecified atom stereocenters. The van der Waals surface area contributed by atoms with Crippen LogP contribution in [0.3, 0.4) is 0 Å². The van der Waals surface area contributed by atoms with Crippen LogP contribution >= 0.6 is 0 Å². The fourth-order valence-corrected chi connectivity index (χ4v) is 5.91. The van der Waals surface area contributed by atoms with Crippen molar-refractivity contribution < 1.29 is 14.6 Å². The van der Waals surface area contributed by atoms with E-state index in [4.69, 9.17) is 9.47 Å². The summed E-state index contributed by atoms with van der Waals surface area (Å²) >= 11 is 0. The smallest absolute Gasteiger partial charge is 0.169 e. The second kappa shape index (κ2) is 3.88. The number of aliphatic hydroxyl groups is 1. The Labute approximate surface area is 121 Å². The molecule has 1 saturated heterocycles. The normalized spacial score (nSPS) is 60.7. The summed E-state index contributed by atoms with van der Waals surface area (Å²) < 4.78 is 11.4. The second-order valence-corrected chi connectivity index (χ2v) is 7.90. The van der Waals surface area contributed by atoms with Crippen molar-refractivity contribution in [3.63, 3.8) is 0 Å². The van der Waals surface area contributed by atoms with Crippen molar-refractivity contribution >= 4 is 0 Å². The lowest BCUT2D eigenvalue weighted by atomic mass is 9.61. The maximum atomic E-state index is 11.3. The largest absolute Gasteiger partial charge is 0.391 e. The van der Waals surface area contributed by atoms with Gasteiger partial charge in [-0.3, -0.25) is 0 Å². The fraction of sp³-hybridized carbons (Fsp3) is 0.882. The van der Waals surface area contributed by atoms with Crippen LogP contribution in [-0.4, -0.2) is 31.2 Å². The first-order valence-corrected chi connectivity index (χ1v) is 7.97. The fourth-order valence-electron chi connectivity index (χ4n) is 5.91. The molecule has 0 aromatic carbocycles. The van der Waals surface area contributed by atoms with Gasteiger partial charge in [-0.15, -0.1) is 0 Å². The summed E-state index contributed by atoms with van der Waals surface area (Å²) in [6, 6.07) is 0. The minimum Gasteiger partial charge on any atom is -0.391 e. The molecule has 20 heavy (non-hydrogen) atoms. The third kappa shape index (κ3) is 1.28. The van der Waals surface area contributed by atoms with Crippen LogP contribution in [0.2, 0.25) is 0 Å². The van der Waals surface area contributed by atoms with E-state index in [2.05, 4.69) is 20.4 Å². The molecule has 0 bridgehead atoms. The molecule has 3 aliphatic carbocycles. The minimum absolute atomic E-state index is 0.00884. The summed E-state index contributed by atoms with van der Waals surface area (Å²) in [5.74, 6) is 2.89. The quantitative estimate of drug-likeness (QED) is 0.749. The van der Waals surface area contributed by atoms with Gasteiger partial charge in [-0.1, -0.05) is 20.4 Å². The molecular weight excluding hydrogens is 252 g/mol. The van der Waals surface area contributed by atoms with Crippen LogP contribution in [0.25, 0.3) is 0 Å². The first kappa shape index (κ1) is 13.3. The summed E-state index contributed by atoms with van der Waals surface area (Å²) in [6.45, 7) is 9.38. The molecule has 0 aromatic rings. The Bertz CT molecular complexity index is 461. The van der Waals surface area contributed by atoms with E-state index in [-0.39, 0.29) is 17.1 Å². The lowest BCUT2D eigenvalue weighted by Crippen LogP contribution is -2.49. The van der Waals surface area contributed by atoms with Crippen molar-refractivity contribution in [2.24, 2.45) is 34.5 Å². The van der Waals surface area contributed by atoms with Crippen molar-refractivity contribution in [2.45, 2.75) is 45.5 Å². The highest BCUT2D eigenvalue weighted by Gasteiger charge is 2.72. The molecule has 8 atom stereocenters. The Balaban J connectivity index is 1.79. The molecule has 3 nitrogen and oxygen atoms in total. The molecule has 0 aromatic heterocycles. The van der Waals surface area contributed by atoms with Gasteiger partial charge in [0.25, 0.3) is 0 Å². The van der Waals surface area contributed by atoms with Crippen LogP contribution in [0, 0.1) is 34.5 Å². The zero-order valence-electron chi connectivity index (χ0n) is 12.8. The summed E-state index contributed by atoms with van der Waals surface area (Å²) in [4.78, 5) is 0. The van der Waals surface area contributed by atoms with Gasteiger partial charge >= 0.3 is 0 Å². The maximum Gasteiger partial charge on any atom is 0.169 e. The molecule has 4 aliphatic rings. The van der Waals surface area contributed by atoms with Crippen LogP contribution in [0.15, 0.2) is 12.2 Å². The van der Waals surface area contributed by atoms with Crippen molar-refractivity contribution in [1.82, 2.24) is 0 Å². The second-order valence-electron chi connectivity index (χ2n) is 7.90. The van der Waals surface area contributed by atoms with E-state index in [0.717, 1.165) is 23.8 Å². The van der Waals surface area contributed by atoms with Gasteiger partial charge in [0.15, 0.2) is 6.29 Å². The Kier molecular flexibility index (Phi) is 2.58. The number of rotatable bonds is 1. The van der Waals surface area contributed by atoms with Gasteiger partial charge in [-0.05, 0) is 48.5 Å². The van der Waals surface area contributed by atoms with Gasteiger partial charge in [0.2, 0.25) is 0 Å². The maximum absolute atomic E-state index is 11.3. The van der Waals surface area contributed by atoms with Crippen LogP contribution in [0.5, 0.6) is 0 Å². The number of ether oxygens (including phenoxy) is 2. The number of methoxy groups -OCH3 is 1. The van der Waals surface area contributed by atoms with Gasteiger partial charge in [-0.2, -0.15) is 0 Å². The molecular formula is C17H26O3. The van der Waals surface area contributed by atoms with Crippen LogP contribution in [0.1, 0.15) is 33.1 Å². The van der Waals surface area contributed by atoms with Crippen molar-refractivity contribution in [3.05, 3.63) is 12.2 Å². The molecule has 0 radical (unpaired) electrons. The summed E-state index contributed by atoms with van der Waals surface area (Å²) in [5, 5.41) is 11.3. The summed E-state index contributed by atoms with van der Waals surface area (Å²) in [5.41, 5.74) is 0.655. The van der Waals surface area contributed by atoms with Crippen LogP contribution in [-0.2, 0) is 9.47 Å². The van der Waals surface area contributed by atoms with Crippen LogP contribution < -0.4 is 0 Å².